The summed E-state index contributed by atoms with van der Waals surface area (Å²) in [5, 5.41) is 9.93. The molecule has 1 fully saturated rings. The first-order valence-corrected chi connectivity index (χ1v) is 7.57. The smallest absolute Gasteiger partial charge is 0.0782 e. The van der Waals surface area contributed by atoms with Crippen molar-refractivity contribution < 1.29 is 9.84 Å². The quantitative estimate of drug-likeness (QED) is 0.923. The SMILES string of the molecule is COC1CN(c2cc(Br)ccc2C(C)O)CCC1C. The number of piperidine rings is 1. The molecule has 0 saturated carbocycles. The van der Waals surface area contributed by atoms with Gasteiger partial charge in [0.1, 0.15) is 0 Å². The molecule has 1 heterocycles. The highest BCUT2D eigenvalue weighted by molar-refractivity contribution is 9.10. The van der Waals surface area contributed by atoms with Gasteiger partial charge in [-0.1, -0.05) is 28.9 Å². The first-order chi connectivity index (χ1) is 9.02. The highest BCUT2D eigenvalue weighted by atomic mass is 79.9. The fourth-order valence-corrected chi connectivity index (χ4v) is 3.05. The van der Waals surface area contributed by atoms with E-state index in [1.54, 1.807) is 7.11 Å². The van der Waals surface area contributed by atoms with Crippen LogP contribution in [-0.2, 0) is 4.74 Å². The summed E-state index contributed by atoms with van der Waals surface area (Å²) in [4.78, 5) is 2.32. The molecule has 106 valence electrons. The van der Waals surface area contributed by atoms with Gasteiger partial charge >= 0.3 is 0 Å². The second kappa shape index (κ2) is 6.25. The van der Waals surface area contributed by atoms with E-state index in [2.05, 4.69) is 33.8 Å². The van der Waals surface area contributed by atoms with Crippen LogP contribution in [0.15, 0.2) is 22.7 Å². The predicted octanol–water partition coefficient (Wildman–Crippen LogP) is 3.36. The summed E-state index contributed by atoms with van der Waals surface area (Å²) in [5.41, 5.74) is 2.09. The molecule has 2 rings (SSSR count). The first kappa shape index (κ1) is 14.8. The third-order valence-corrected chi connectivity index (χ3v) is 4.47. The van der Waals surface area contributed by atoms with Crippen LogP contribution in [0.25, 0.3) is 0 Å². The van der Waals surface area contributed by atoms with Gasteiger partial charge in [0, 0.05) is 35.9 Å². The lowest BCUT2D eigenvalue weighted by molar-refractivity contribution is 0.0497. The van der Waals surface area contributed by atoms with Crippen LogP contribution in [0.5, 0.6) is 0 Å². The largest absolute Gasteiger partial charge is 0.389 e. The van der Waals surface area contributed by atoms with Crippen molar-refractivity contribution in [2.24, 2.45) is 5.92 Å². The summed E-state index contributed by atoms with van der Waals surface area (Å²) in [6, 6.07) is 6.06. The number of halogens is 1. The Bertz CT molecular complexity index is 436. The Morgan fingerprint density at radius 1 is 1.47 bits per heavy atom. The van der Waals surface area contributed by atoms with Gasteiger partial charge in [0.25, 0.3) is 0 Å². The molecule has 3 unspecified atom stereocenters. The summed E-state index contributed by atoms with van der Waals surface area (Å²) < 4.78 is 6.61. The number of methoxy groups -OCH3 is 1. The van der Waals surface area contributed by atoms with Gasteiger partial charge in [-0.25, -0.2) is 0 Å². The van der Waals surface area contributed by atoms with Crippen LogP contribution in [0.4, 0.5) is 5.69 Å². The minimum atomic E-state index is -0.455. The highest BCUT2D eigenvalue weighted by Gasteiger charge is 2.27. The maximum Gasteiger partial charge on any atom is 0.0782 e. The lowest BCUT2D eigenvalue weighted by Gasteiger charge is -2.38. The van der Waals surface area contributed by atoms with Crippen LogP contribution >= 0.6 is 15.9 Å². The van der Waals surface area contributed by atoms with Crippen molar-refractivity contribution >= 4 is 21.6 Å². The van der Waals surface area contributed by atoms with Crippen LogP contribution in [0.1, 0.15) is 31.9 Å². The minimum Gasteiger partial charge on any atom is -0.389 e. The molecule has 3 nitrogen and oxygen atoms in total. The summed E-state index contributed by atoms with van der Waals surface area (Å²) in [6.07, 6.45) is 0.919. The molecule has 19 heavy (non-hydrogen) atoms. The van der Waals surface area contributed by atoms with E-state index in [4.69, 9.17) is 4.74 Å². The van der Waals surface area contributed by atoms with E-state index < -0.39 is 6.10 Å². The Morgan fingerprint density at radius 2 is 2.21 bits per heavy atom. The molecule has 1 aromatic rings. The van der Waals surface area contributed by atoms with E-state index in [0.717, 1.165) is 35.2 Å². The molecule has 1 aromatic carbocycles. The van der Waals surface area contributed by atoms with Crippen LogP contribution in [0.3, 0.4) is 0 Å². The van der Waals surface area contributed by atoms with E-state index in [9.17, 15) is 5.11 Å². The number of benzene rings is 1. The monoisotopic (exact) mass is 327 g/mol. The number of rotatable bonds is 3. The molecule has 1 aliphatic rings. The molecule has 0 amide bonds. The summed E-state index contributed by atoms with van der Waals surface area (Å²) in [6.45, 7) is 5.94. The van der Waals surface area contributed by atoms with Gasteiger partial charge in [-0.2, -0.15) is 0 Å². The normalized spacial score (nSPS) is 25.4. The van der Waals surface area contributed by atoms with Crippen LogP contribution < -0.4 is 4.90 Å². The number of hydrogen-bond donors (Lipinski definition) is 1. The molecule has 0 aromatic heterocycles. The molecule has 0 spiro atoms. The summed E-state index contributed by atoms with van der Waals surface area (Å²) in [7, 11) is 1.78. The second-order valence-electron chi connectivity index (χ2n) is 5.37. The van der Waals surface area contributed by atoms with Crippen LogP contribution in [0.2, 0.25) is 0 Å². The van der Waals surface area contributed by atoms with Crippen molar-refractivity contribution in [3.63, 3.8) is 0 Å². The third kappa shape index (κ3) is 3.30. The van der Waals surface area contributed by atoms with Crippen molar-refractivity contribution in [2.75, 3.05) is 25.1 Å². The first-order valence-electron chi connectivity index (χ1n) is 6.78. The lowest BCUT2D eigenvalue weighted by atomic mass is 9.94. The summed E-state index contributed by atoms with van der Waals surface area (Å²) >= 11 is 3.52. The summed E-state index contributed by atoms with van der Waals surface area (Å²) in [5.74, 6) is 0.586. The van der Waals surface area contributed by atoms with Crippen molar-refractivity contribution in [3.8, 4) is 0 Å². The van der Waals surface area contributed by atoms with Gasteiger partial charge in [0.2, 0.25) is 0 Å². The number of hydrogen-bond acceptors (Lipinski definition) is 3. The van der Waals surface area contributed by atoms with E-state index in [1.165, 1.54) is 0 Å². The fourth-order valence-electron chi connectivity index (χ4n) is 2.70. The number of aliphatic hydroxyl groups is 1. The van der Waals surface area contributed by atoms with Gasteiger partial charge in [-0.05, 0) is 31.4 Å². The average Bonchev–Trinajstić information content (AvgIpc) is 2.38. The number of ether oxygens (including phenoxy) is 1. The van der Waals surface area contributed by atoms with Crippen molar-refractivity contribution in [2.45, 2.75) is 32.5 Å². The molecule has 0 radical (unpaired) electrons. The van der Waals surface area contributed by atoms with E-state index in [1.807, 2.05) is 19.1 Å². The van der Waals surface area contributed by atoms with Crippen molar-refractivity contribution in [1.29, 1.82) is 0 Å². The Hall–Kier alpha value is -0.580. The molecule has 4 heteroatoms. The second-order valence-corrected chi connectivity index (χ2v) is 6.28. The lowest BCUT2D eigenvalue weighted by Crippen LogP contribution is -2.44. The predicted molar refractivity (Wildman–Crippen MR) is 81.6 cm³/mol. The average molecular weight is 328 g/mol. The Kier molecular flexibility index (Phi) is 4.87. The molecule has 0 bridgehead atoms. The topological polar surface area (TPSA) is 32.7 Å². The standard InChI is InChI=1S/C15H22BrNO2/c1-10-6-7-17(9-15(10)19-3)14-8-12(16)4-5-13(14)11(2)18/h4-5,8,10-11,15,18H,6-7,9H2,1-3H3. The Morgan fingerprint density at radius 3 is 2.84 bits per heavy atom. The fraction of sp³-hybridized carbons (Fsp3) is 0.600. The van der Waals surface area contributed by atoms with Crippen molar-refractivity contribution in [1.82, 2.24) is 0 Å². The van der Waals surface area contributed by atoms with Gasteiger partial charge in [-0.15, -0.1) is 0 Å². The van der Waals surface area contributed by atoms with Crippen LogP contribution in [0, 0.1) is 5.92 Å². The molecular formula is C15H22BrNO2. The zero-order chi connectivity index (χ0) is 14.0. The van der Waals surface area contributed by atoms with Gasteiger partial charge < -0.3 is 14.7 Å². The zero-order valence-electron chi connectivity index (χ0n) is 11.8. The highest BCUT2D eigenvalue weighted by Crippen LogP contribution is 2.33. The van der Waals surface area contributed by atoms with E-state index in [-0.39, 0.29) is 6.10 Å². The Labute approximate surface area is 123 Å². The third-order valence-electron chi connectivity index (χ3n) is 3.98. The molecular weight excluding hydrogens is 306 g/mol. The Balaban J connectivity index is 2.28. The van der Waals surface area contributed by atoms with Crippen molar-refractivity contribution in [3.05, 3.63) is 28.2 Å². The van der Waals surface area contributed by atoms with Gasteiger partial charge in [0.05, 0.1) is 12.2 Å². The zero-order valence-corrected chi connectivity index (χ0v) is 13.4. The van der Waals surface area contributed by atoms with E-state index >= 15 is 0 Å². The number of nitrogens with zero attached hydrogens (tertiary/aromatic N) is 1. The maximum absolute atomic E-state index is 9.93. The number of aliphatic hydroxyl groups excluding tert-OH is 1. The molecule has 3 atom stereocenters. The molecule has 1 N–H and O–H groups in total. The van der Waals surface area contributed by atoms with Gasteiger partial charge in [0.15, 0.2) is 0 Å². The molecule has 1 aliphatic heterocycles. The van der Waals surface area contributed by atoms with Crippen LogP contribution in [-0.4, -0.2) is 31.4 Å². The molecule has 1 saturated heterocycles. The maximum atomic E-state index is 9.93. The van der Waals surface area contributed by atoms with Gasteiger partial charge in [-0.3, -0.25) is 0 Å². The van der Waals surface area contributed by atoms with E-state index in [0.29, 0.717) is 5.92 Å². The number of anilines is 1. The molecule has 0 aliphatic carbocycles. The minimum absolute atomic E-state index is 0.259.